The molecule has 1 aliphatic rings. The lowest BCUT2D eigenvalue weighted by Gasteiger charge is -2.51. The van der Waals surface area contributed by atoms with Gasteiger partial charge in [-0.15, -0.1) is 0 Å². The minimum atomic E-state index is 0.0465. The molecule has 0 spiro atoms. The van der Waals surface area contributed by atoms with Gasteiger partial charge in [0.25, 0.3) is 0 Å². The zero-order valence-electron chi connectivity index (χ0n) is 12.4. The zero-order chi connectivity index (χ0) is 13.6. The largest absolute Gasteiger partial charge is 0.379 e. The third-order valence-corrected chi connectivity index (χ3v) is 5.31. The average molecular weight is 274 g/mol. The molecule has 0 bridgehead atoms. The Kier molecular flexibility index (Phi) is 6.99. The highest BCUT2D eigenvalue weighted by atomic mass is 32.2. The van der Waals surface area contributed by atoms with E-state index in [9.17, 15) is 0 Å². The van der Waals surface area contributed by atoms with Crippen molar-refractivity contribution >= 4 is 11.8 Å². The quantitative estimate of drug-likeness (QED) is 0.773. The van der Waals surface area contributed by atoms with Gasteiger partial charge >= 0.3 is 0 Å². The summed E-state index contributed by atoms with van der Waals surface area (Å²) in [7, 11) is 4.07. The van der Waals surface area contributed by atoms with Crippen LogP contribution in [0.4, 0.5) is 0 Å². The van der Waals surface area contributed by atoms with E-state index in [1.54, 1.807) is 0 Å². The van der Waals surface area contributed by atoms with Gasteiger partial charge in [0.05, 0.1) is 11.6 Å². The van der Waals surface area contributed by atoms with Gasteiger partial charge in [0.1, 0.15) is 0 Å². The third kappa shape index (κ3) is 3.41. The van der Waals surface area contributed by atoms with Crippen LogP contribution in [-0.2, 0) is 4.74 Å². The predicted molar refractivity (Wildman–Crippen MR) is 81.3 cm³/mol. The Balaban J connectivity index is 2.77. The van der Waals surface area contributed by atoms with Crippen molar-refractivity contribution in [1.29, 1.82) is 0 Å². The molecule has 0 aromatic rings. The second-order valence-corrected chi connectivity index (χ2v) is 6.50. The molecule has 0 aromatic carbocycles. The number of rotatable bonds is 7. The molecule has 0 saturated heterocycles. The van der Waals surface area contributed by atoms with Crippen molar-refractivity contribution in [2.75, 3.05) is 32.7 Å². The van der Waals surface area contributed by atoms with Crippen LogP contribution in [0.1, 0.15) is 39.0 Å². The maximum Gasteiger partial charge on any atom is 0.0767 e. The van der Waals surface area contributed by atoms with E-state index in [0.29, 0.717) is 12.6 Å². The minimum Gasteiger partial charge on any atom is -0.379 e. The molecular formula is C14H30N2OS. The molecular weight excluding hydrogens is 244 g/mol. The molecule has 18 heavy (non-hydrogen) atoms. The number of hydrogen-bond donors (Lipinski definition) is 1. The summed E-state index contributed by atoms with van der Waals surface area (Å²) >= 11 is 1.92. The highest BCUT2D eigenvalue weighted by molar-refractivity contribution is 7.98. The fraction of sp³-hybridized carbons (Fsp3) is 1.00. The summed E-state index contributed by atoms with van der Waals surface area (Å²) in [6.45, 7) is 3.01. The first-order valence-corrected chi connectivity index (χ1v) is 8.46. The summed E-state index contributed by atoms with van der Waals surface area (Å²) in [5, 5.41) is 0. The molecule has 3 unspecified atom stereocenters. The van der Waals surface area contributed by atoms with Crippen LogP contribution in [0.2, 0.25) is 0 Å². The maximum atomic E-state index is 6.14. The molecule has 0 radical (unpaired) electrons. The van der Waals surface area contributed by atoms with Crippen molar-refractivity contribution in [2.45, 2.75) is 56.7 Å². The van der Waals surface area contributed by atoms with E-state index in [1.807, 2.05) is 18.9 Å². The molecule has 0 aromatic heterocycles. The van der Waals surface area contributed by atoms with Crippen LogP contribution in [0.3, 0.4) is 0 Å². The van der Waals surface area contributed by atoms with E-state index in [2.05, 4.69) is 25.1 Å². The van der Waals surface area contributed by atoms with Gasteiger partial charge in [0.2, 0.25) is 0 Å². The van der Waals surface area contributed by atoms with Gasteiger partial charge in [-0.05, 0) is 45.2 Å². The monoisotopic (exact) mass is 274 g/mol. The minimum absolute atomic E-state index is 0.0465. The van der Waals surface area contributed by atoms with Crippen LogP contribution < -0.4 is 5.73 Å². The van der Waals surface area contributed by atoms with Crippen molar-refractivity contribution in [3.63, 3.8) is 0 Å². The summed E-state index contributed by atoms with van der Waals surface area (Å²) in [6.07, 6.45) is 8.54. The summed E-state index contributed by atoms with van der Waals surface area (Å²) in [6, 6.07) is 0.566. The summed E-state index contributed by atoms with van der Waals surface area (Å²) < 4.78 is 5.75. The molecule has 1 fully saturated rings. The molecule has 0 aliphatic heterocycles. The van der Waals surface area contributed by atoms with Crippen molar-refractivity contribution in [3.8, 4) is 0 Å². The first-order chi connectivity index (χ1) is 8.62. The molecule has 2 N–H and O–H groups in total. The predicted octanol–water partition coefficient (Wildman–Crippen LogP) is 2.35. The van der Waals surface area contributed by atoms with Gasteiger partial charge in [0.15, 0.2) is 0 Å². The van der Waals surface area contributed by atoms with E-state index in [1.165, 1.54) is 31.4 Å². The normalized spacial score (nSPS) is 30.7. The molecule has 1 saturated carbocycles. The molecule has 0 amide bonds. The summed E-state index contributed by atoms with van der Waals surface area (Å²) in [5.74, 6) is 1.21. The van der Waals surface area contributed by atoms with Crippen molar-refractivity contribution in [3.05, 3.63) is 0 Å². The number of thioether (sulfide) groups is 1. The van der Waals surface area contributed by atoms with Crippen molar-refractivity contribution < 1.29 is 4.74 Å². The molecule has 4 heteroatoms. The molecule has 0 heterocycles. The number of nitrogens with two attached hydrogens (primary N) is 1. The van der Waals surface area contributed by atoms with Gasteiger partial charge < -0.3 is 10.5 Å². The van der Waals surface area contributed by atoms with Crippen LogP contribution >= 0.6 is 11.8 Å². The Morgan fingerprint density at radius 3 is 2.78 bits per heavy atom. The van der Waals surface area contributed by atoms with Gasteiger partial charge in [-0.2, -0.15) is 11.8 Å². The van der Waals surface area contributed by atoms with Crippen LogP contribution in [0.5, 0.6) is 0 Å². The Bertz CT molecular complexity index is 240. The first kappa shape index (κ1) is 16.3. The van der Waals surface area contributed by atoms with E-state index in [-0.39, 0.29) is 11.6 Å². The Labute approximate surface area is 117 Å². The molecule has 1 rings (SSSR count). The third-order valence-electron chi connectivity index (χ3n) is 4.67. The van der Waals surface area contributed by atoms with Crippen LogP contribution in [0, 0.1) is 0 Å². The smallest absolute Gasteiger partial charge is 0.0767 e. The van der Waals surface area contributed by atoms with Crippen molar-refractivity contribution in [1.82, 2.24) is 4.90 Å². The van der Waals surface area contributed by atoms with Gasteiger partial charge in [-0.3, -0.25) is 4.90 Å². The SMILES string of the molecule is COC1CCCCC1(CN)N(C)C(C)CCSC. The lowest BCUT2D eigenvalue weighted by atomic mass is 9.77. The number of ether oxygens (including phenoxy) is 1. The lowest BCUT2D eigenvalue weighted by molar-refractivity contribution is -0.0785. The second kappa shape index (κ2) is 7.73. The summed E-state index contributed by atoms with van der Waals surface area (Å²) in [5.41, 5.74) is 6.19. The van der Waals surface area contributed by atoms with E-state index >= 15 is 0 Å². The average Bonchev–Trinajstić information content (AvgIpc) is 2.43. The highest BCUT2D eigenvalue weighted by Crippen LogP contribution is 2.35. The van der Waals surface area contributed by atoms with Gasteiger partial charge in [-0.25, -0.2) is 0 Å². The van der Waals surface area contributed by atoms with Crippen LogP contribution in [0.15, 0.2) is 0 Å². The van der Waals surface area contributed by atoms with E-state index in [0.717, 1.165) is 6.42 Å². The zero-order valence-corrected chi connectivity index (χ0v) is 13.3. The lowest BCUT2D eigenvalue weighted by Crippen LogP contribution is -2.63. The molecule has 1 aliphatic carbocycles. The standard InChI is InChI=1S/C14H30N2OS/c1-12(8-10-18-4)16(2)14(11-15)9-6-5-7-13(14)17-3/h12-13H,5-11,15H2,1-4H3. The second-order valence-electron chi connectivity index (χ2n) is 5.52. The van der Waals surface area contributed by atoms with Gasteiger partial charge in [-0.1, -0.05) is 12.8 Å². The van der Waals surface area contributed by atoms with E-state index in [4.69, 9.17) is 10.5 Å². The summed E-state index contributed by atoms with van der Waals surface area (Å²) in [4.78, 5) is 2.50. The molecule has 3 nitrogen and oxygen atoms in total. The van der Waals surface area contributed by atoms with Crippen LogP contribution in [0.25, 0.3) is 0 Å². The molecule has 3 atom stereocenters. The Morgan fingerprint density at radius 1 is 1.50 bits per heavy atom. The number of hydrogen-bond acceptors (Lipinski definition) is 4. The van der Waals surface area contributed by atoms with Crippen molar-refractivity contribution in [2.24, 2.45) is 5.73 Å². The van der Waals surface area contributed by atoms with E-state index < -0.39 is 0 Å². The number of likely N-dealkylation sites (N-methyl/N-ethyl adjacent to an activating group) is 1. The highest BCUT2D eigenvalue weighted by Gasteiger charge is 2.44. The fourth-order valence-electron chi connectivity index (χ4n) is 3.23. The Hall–Kier alpha value is 0.230. The maximum absolute atomic E-state index is 6.14. The van der Waals surface area contributed by atoms with Gasteiger partial charge in [0, 0.05) is 19.7 Å². The number of methoxy groups -OCH3 is 1. The number of nitrogens with zero attached hydrogens (tertiary/aromatic N) is 1. The molecule has 108 valence electrons. The van der Waals surface area contributed by atoms with Crippen LogP contribution in [-0.4, -0.2) is 55.3 Å². The Morgan fingerprint density at radius 2 is 2.22 bits per heavy atom. The first-order valence-electron chi connectivity index (χ1n) is 7.07. The fourth-order valence-corrected chi connectivity index (χ4v) is 3.81. The topological polar surface area (TPSA) is 38.5 Å².